The molecule has 7 heteroatoms. The fraction of sp³-hybridized carbons (Fsp3) is 0.0476. The van der Waals surface area contributed by atoms with E-state index in [1.54, 1.807) is 0 Å². The van der Waals surface area contributed by atoms with Crippen LogP contribution >= 0.6 is 0 Å². The van der Waals surface area contributed by atoms with Crippen molar-refractivity contribution < 1.29 is 14.5 Å². The largest absolute Gasteiger partial charge is 0.337 e. The van der Waals surface area contributed by atoms with Crippen molar-refractivity contribution in [1.29, 1.82) is 0 Å². The molecule has 0 saturated carbocycles. The second kappa shape index (κ2) is 8.59. The van der Waals surface area contributed by atoms with Crippen LogP contribution in [0.3, 0.4) is 0 Å². The van der Waals surface area contributed by atoms with Gasteiger partial charge in [0.05, 0.1) is 11.0 Å². The predicted octanol–water partition coefficient (Wildman–Crippen LogP) is 3.44. The molecule has 0 aromatic heterocycles. The van der Waals surface area contributed by atoms with E-state index in [1.165, 1.54) is 24.3 Å². The SMILES string of the molecule is O=C(Nc1cccc([N+](=O)[O-])c1)C(=O)NC(c1ccccc1)c1ccccc1. The van der Waals surface area contributed by atoms with Gasteiger partial charge < -0.3 is 10.6 Å². The lowest BCUT2D eigenvalue weighted by Gasteiger charge is -2.19. The third kappa shape index (κ3) is 4.59. The Balaban J connectivity index is 1.77. The molecule has 0 heterocycles. The maximum absolute atomic E-state index is 12.5. The minimum atomic E-state index is -0.905. The van der Waals surface area contributed by atoms with Crippen molar-refractivity contribution in [3.05, 3.63) is 106 Å². The molecule has 0 bridgehead atoms. The summed E-state index contributed by atoms with van der Waals surface area (Å²) in [6.07, 6.45) is 0. The molecule has 0 fully saturated rings. The van der Waals surface area contributed by atoms with Crippen LogP contribution in [0.2, 0.25) is 0 Å². The molecule has 2 N–H and O–H groups in total. The van der Waals surface area contributed by atoms with Gasteiger partial charge in [-0.3, -0.25) is 19.7 Å². The van der Waals surface area contributed by atoms with E-state index < -0.39 is 22.8 Å². The van der Waals surface area contributed by atoms with Gasteiger partial charge in [-0.2, -0.15) is 0 Å². The molecular formula is C21H17N3O4. The van der Waals surface area contributed by atoms with Crippen LogP contribution in [0.15, 0.2) is 84.9 Å². The molecule has 3 rings (SSSR count). The van der Waals surface area contributed by atoms with E-state index in [0.717, 1.165) is 11.1 Å². The minimum Gasteiger partial charge on any atom is -0.337 e. The Kier molecular flexibility index (Phi) is 5.76. The van der Waals surface area contributed by atoms with Crippen molar-refractivity contribution >= 4 is 23.2 Å². The van der Waals surface area contributed by atoms with Crippen LogP contribution in [-0.4, -0.2) is 16.7 Å². The first-order valence-corrected chi connectivity index (χ1v) is 8.51. The monoisotopic (exact) mass is 375 g/mol. The summed E-state index contributed by atoms with van der Waals surface area (Å²) < 4.78 is 0. The Hall–Kier alpha value is -4.00. The van der Waals surface area contributed by atoms with Gasteiger partial charge in [-0.25, -0.2) is 0 Å². The van der Waals surface area contributed by atoms with Crippen molar-refractivity contribution in [3.63, 3.8) is 0 Å². The molecule has 0 radical (unpaired) electrons. The van der Waals surface area contributed by atoms with Gasteiger partial charge in [-0.1, -0.05) is 66.7 Å². The Labute approximate surface area is 161 Å². The van der Waals surface area contributed by atoms with Crippen molar-refractivity contribution in [1.82, 2.24) is 5.32 Å². The number of nitro groups is 1. The molecule has 140 valence electrons. The lowest BCUT2D eigenvalue weighted by atomic mass is 9.99. The van der Waals surface area contributed by atoms with E-state index in [9.17, 15) is 19.7 Å². The first kappa shape index (κ1) is 18.8. The molecule has 3 aromatic rings. The average Bonchev–Trinajstić information content (AvgIpc) is 2.73. The number of benzene rings is 3. The molecule has 0 saturated heterocycles. The summed E-state index contributed by atoms with van der Waals surface area (Å²) in [6, 6.07) is 23.4. The van der Waals surface area contributed by atoms with E-state index in [4.69, 9.17) is 0 Å². The zero-order valence-corrected chi connectivity index (χ0v) is 14.7. The van der Waals surface area contributed by atoms with Gasteiger partial charge in [0.25, 0.3) is 5.69 Å². The van der Waals surface area contributed by atoms with Gasteiger partial charge >= 0.3 is 11.8 Å². The average molecular weight is 375 g/mol. The number of nitrogens with one attached hydrogen (secondary N) is 2. The van der Waals surface area contributed by atoms with Crippen LogP contribution in [0.1, 0.15) is 17.2 Å². The number of nitro benzene ring substituents is 1. The summed E-state index contributed by atoms with van der Waals surface area (Å²) in [5, 5.41) is 16.0. The van der Waals surface area contributed by atoms with E-state index in [2.05, 4.69) is 10.6 Å². The smallest absolute Gasteiger partial charge is 0.313 e. The number of carbonyl (C=O) groups is 2. The third-order valence-electron chi connectivity index (χ3n) is 4.06. The van der Waals surface area contributed by atoms with Crippen molar-refractivity contribution in [2.75, 3.05) is 5.32 Å². The number of amides is 2. The standard InChI is InChI=1S/C21H17N3O4/c25-20(22-17-12-7-13-18(14-17)24(27)28)21(26)23-19(15-8-3-1-4-9-15)16-10-5-2-6-11-16/h1-14,19H,(H,22,25)(H,23,26). The lowest BCUT2D eigenvalue weighted by molar-refractivity contribution is -0.384. The van der Waals surface area contributed by atoms with E-state index in [1.807, 2.05) is 60.7 Å². The summed E-state index contributed by atoms with van der Waals surface area (Å²) >= 11 is 0. The van der Waals surface area contributed by atoms with Crippen molar-refractivity contribution in [2.24, 2.45) is 0 Å². The fourth-order valence-electron chi connectivity index (χ4n) is 2.73. The van der Waals surface area contributed by atoms with Gasteiger partial charge in [-0.15, -0.1) is 0 Å². The molecule has 0 aliphatic heterocycles. The maximum Gasteiger partial charge on any atom is 0.313 e. The van der Waals surface area contributed by atoms with E-state index >= 15 is 0 Å². The Bertz CT molecular complexity index is 951. The number of rotatable bonds is 5. The highest BCUT2D eigenvalue weighted by Gasteiger charge is 2.21. The predicted molar refractivity (Wildman–Crippen MR) is 105 cm³/mol. The van der Waals surface area contributed by atoms with Crippen LogP contribution in [0.25, 0.3) is 0 Å². The number of nitrogens with zero attached hydrogens (tertiary/aromatic N) is 1. The van der Waals surface area contributed by atoms with Gasteiger partial charge in [0.2, 0.25) is 0 Å². The molecule has 0 unspecified atom stereocenters. The first-order valence-electron chi connectivity index (χ1n) is 8.51. The Morgan fingerprint density at radius 1 is 0.786 bits per heavy atom. The summed E-state index contributed by atoms with van der Waals surface area (Å²) in [5.41, 5.74) is 1.64. The first-order chi connectivity index (χ1) is 13.5. The molecule has 0 spiro atoms. The zero-order chi connectivity index (χ0) is 19.9. The molecule has 28 heavy (non-hydrogen) atoms. The fourth-order valence-corrected chi connectivity index (χ4v) is 2.73. The van der Waals surface area contributed by atoms with Crippen LogP contribution in [0.5, 0.6) is 0 Å². The Morgan fingerprint density at radius 2 is 1.36 bits per heavy atom. The molecule has 7 nitrogen and oxygen atoms in total. The number of carbonyl (C=O) groups excluding carboxylic acids is 2. The van der Waals surface area contributed by atoms with Crippen molar-refractivity contribution in [3.8, 4) is 0 Å². The topological polar surface area (TPSA) is 101 Å². The minimum absolute atomic E-state index is 0.172. The number of hydrogen-bond donors (Lipinski definition) is 2. The molecule has 0 aliphatic rings. The van der Waals surface area contributed by atoms with Crippen LogP contribution in [0, 0.1) is 10.1 Å². The highest BCUT2D eigenvalue weighted by atomic mass is 16.6. The van der Waals surface area contributed by atoms with Gasteiger partial charge in [0.1, 0.15) is 0 Å². The number of anilines is 1. The molecule has 0 atom stereocenters. The zero-order valence-electron chi connectivity index (χ0n) is 14.7. The van der Waals surface area contributed by atoms with Gasteiger partial charge in [-0.05, 0) is 17.2 Å². The van der Waals surface area contributed by atoms with Gasteiger partial charge in [0.15, 0.2) is 0 Å². The van der Waals surface area contributed by atoms with Crippen molar-refractivity contribution in [2.45, 2.75) is 6.04 Å². The Morgan fingerprint density at radius 3 is 1.89 bits per heavy atom. The van der Waals surface area contributed by atoms with Gasteiger partial charge in [0, 0.05) is 17.8 Å². The second-order valence-corrected chi connectivity index (χ2v) is 5.99. The summed E-state index contributed by atoms with van der Waals surface area (Å²) in [7, 11) is 0. The highest BCUT2D eigenvalue weighted by molar-refractivity contribution is 6.39. The van der Waals surface area contributed by atoms with E-state index in [0.29, 0.717) is 0 Å². The molecule has 0 aliphatic carbocycles. The maximum atomic E-state index is 12.5. The normalized spacial score (nSPS) is 10.3. The van der Waals surface area contributed by atoms with Crippen LogP contribution in [0.4, 0.5) is 11.4 Å². The summed E-state index contributed by atoms with van der Waals surface area (Å²) in [6.45, 7) is 0. The summed E-state index contributed by atoms with van der Waals surface area (Å²) in [5.74, 6) is -1.75. The number of hydrogen-bond acceptors (Lipinski definition) is 4. The molecular weight excluding hydrogens is 358 g/mol. The van der Waals surface area contributed by atoms with E-state index in [-0.39, 0.29) is 11.4 Å². The second-order valence-electron chi connectivity index (χ2n) is 5.99. The van der Waals surface area contributed by atoms with Crippen LogP contribution in [-0.2, 0) is 9.59 Å². The third-order valence-corrected chi connectivity index (χ3v) is 4.06. The van der Waals surface area contributed by atoms with Crippen LogP contribution < -0.4 is 10.6 Å². The number of non-ortho nitro benzene ring substituents is 1. The quantitative estimate of drug-likeness (QED) is 0.405. The molecule has 2 amide bonds. The highest BCUT2D eigenvalue weighted by Crippen LogP contribution is 2.22. The lowest BCUT2D eigenvalue weighted by Crippen LogP contribution is -2.38. The summed E-state index contributed by atoms with van der Waals surface area (Å²) in [4.78, 5) is 35.0. The molecule has 3 aromatic carbocycles.